The molecular weight excluding hydrogens is 767 g/mol. The largest absolute Gasteiger partial charge is 0.311 e. The van der Waals surface area contributed by atoms with Crippen molar-refractivity contribution < 1.29 is 0 Å². The minimum atomic E-state index is 0.885. The number of anilines is 6. The maximum atomic E-state index is 5.22. The van der Waals surface area contributed by atoms with Crippen LogP contribution in [-0.4, -0.2) is 14.5 Å². The molecule has 5 nitrogen and oxygen atoms in total. The van der Waals surface area contributed by atoms with E-state index in [-0.39, 0.29) is 0 Å². The maximum absolute atomic E-state index is 5.22. The normalized spacial score (nSPS) is 11.2. The van der Waals surface area contributed by atoms with Gasteiger partial charge in [0.05, 0.1) is 34.3 Å². The van der Waals surface area contributed by atoms with Crippen molar-refractivity contribution in [2.75, 3.05) is 9.80 Å². The summed E-state index contributed by atoms with van der Waals surface area (Å²) in [5.41, 5.74) is 15.7. The lowest BCUT2D eigenvalue weighted by atomic mass is 9.99. The molecule has 0 aliphatic rings. The third kappa shape index (κ3) is 7.18. The van der Waals surface area contributed by atoms with Crippen LogP contribution in [0.15, 0.2) is 249 Å². The zero-order chi connectivity index (χ0) is 42.0. The number of hydrogen-bond acceptors (Lipinski definition) is 4. The Labute approximate surface area is 367 Å². The monoisotopic (exact) mass is 807 g/mol. The molecule has 8 aromatic carbocycles. The zero-order valence-electron chi connectivity index (χ0n) is 34.4. The highest BCUT2D eigenvalue weighted by Crippen LogP contribution is 2.42. The Kier molecular flexibility index (Phi) is 9.80. The Morgan fingerprint density at radius 1 is 0.317 bits per heavy atom. The lowest BCUT2D eigenvalue weighted by molar-refractivity contribution is 1.18. The number of para-hydroxylation sites is 6. The van der Waals surface area contributed by atoms with E-state index in [1.807, 2.05) is 24.5 Å². The van der Waals surface area contributed by atoms with Crippen LogP contribution in [0, 0.1) is 0 Å². The van der Waals surface area contributed by atoms with Gasteiger partial charge in [0.25, 0.3) is 0 Å². The summed E-state index contributed by atoms with van der Waals surface area (Å²) in [5.74, 6) is 0. The molecular formula is C58H41N5. The molecule has 298 valence electrons. The summed E-state index contributed by atoms with van der Waals surface area (Å²) in [6.07, 6.45) is 3.98. The second-order valence-corrected chi connectivity index (χ2v) is 15.5. The van der Waals surface area contributed by atoms with Crippen molar-refractivity contribution >= 4 is 55.9 Å². The van der Waals surface area contributed by atoms with Gasteiger partial charge in [-0.1, -0.05) is 127 Å². The second-order valence-electron chi connectivity index (χ2n) is 15.5. The van der Waals surface area contributed by atoms with Gasteiger partial charge in [-0.3, -0.25) is 9.97 Å². The molecule has 0 radical (unpaired) electrons. The van der Waals surface area contributed by atoms with Crippen LogP contribution in [0.5, 0.6) is 0 Å². The van der Waals surface area contributed by atoms with E-state index in [4.69, 9.17) is 9.97 Å². The highest BCUT2D eigenvalue weighted by molar-refractivity contribution is 6.15. The summed E-state index contributed by atoms with van der Waals surface area (Å²) in [6.45, 7) is 0. The molecule has 63 heavy (non-hydrogen) atoms. The van der Waals surface area contributed by atoms with Crippen molar-refractivity contribution in [1.29, 1.82) is 0 Å². The molecule has 0 spiro atoms. The van der Waals surface area contributed by atoms with Crippen molar-refractivity contribution in [1.82, 2.24) is 14.5 Å². The summed E-state index contributed by atoms with van der Waals surface area (Å²) in [7, 11) is 0. The highest BCUT2D eigenvalue weighted by Gasteiger charge is 2.21. The first kappa shape index (κ1) is 37.5. The van der Waals surface area contributed by atoms with E-state index >= 15 is 0 Å². The van der Waals surface area contributed by atoms with Gasteiger partial charge in [-0.15, -0.1) is 0 Å². The van der Waals surface area contributed by atoms with Crippen molar-refractivity contribution in [3.8, 4) is 39.3 Å². The van der Waals surface area contributed by atoms with E-state index in [2.05, 4.69) is 239 Å². The number of fused-ring (bicyclic) bond motifs is 3. The van der Waals surface area contributed by atoms with Gasteiger partial charge >= 0.3 is 0 Å². The molecule has 0 atom stereocenters. The van der Waals surface area contributed by atoms with Gasteiger partial charge in [-0.05, 0) is 115 Å². The molecule has 3 heterocycles. The molecule has 3 aromatic heterocycles. The van der Waals surface area contributed by atoms with Crippen LogP contribution in [0.3, 0.4) is 0 Å². The van der Waals surface area contributed by atoms with Gasteiger partial charge in [0.15, 0.2) is 0 Å². The van der Waals surface area contributed by atoms with Gasteiger partial charge in [0.1, 0.15) is 0 Å². The summed E-state index contributed by atoms with van der Waals surface area (Å²) in [4.78, 5) is 14.9. The first-order chi connectivity index (χ1) is 31.3. The Morgan fingerprint density at radius 3 is 1.32 bits per heavy atom. The molecule has 0 saturated carbocycles. The second kappa shape index (κ2) is 16.5. The van der Waals surface area contributed by atoms with Crippen LogP contribution in [0.25, 0.3) is 61.1 Å². The topological polar surface area (TPSA) is 37.2 Å². The molecule has 0 bridgehead atoms. The fourth-order valence-corrected chi connectivity index (χ4v) is 8.70. The fourth-order valence-electron chi connectivity index (χ4n) is 8.70. The number of aromatic nitrogens is 3. The lowest BCUT2D eigenvalue weighted by Gasteiger charge is -2.25. The van der Waals surface area contributed by atoms with Crippen LogP contribution >= 0.6 is 0 Å². The van der Waals surface area contributed by atoms with Crippen LogP contribution in [0.1, 0.15) is 0 Å². The summed E-state index contributed by atoms with van der Waals surface area (Å²) in [6, 6.07) is 83.0. The van der Waals surface area contributed by atoms with E-state index in [9.17, 15) is 0 Å². The van der Waals surface area contributed by atoms with Gasteiger partial charge in [-0.2, -0.15) is 0 Å². The molecule has 0 aliphatic carbocycles. The van der Waals surface area contributed by atoms with Crippen LogP contribution < -0.4 is 9.80 Å². The Hall–Kier alpha value is -8.54. The predicted molar refractivity (Wildman–Crippen MR) is 262 cm³/mol. The predicted octanol–water partition coefficient (Wildman–Crippen LogP) is 15.5. The van der Waals surface area contributed by atoms with E-state index in [1.165, 1.54) is 5.39 Å². The van der Waals surface area contributed by atoms with Crippen molar-refractivity contribution in [3.63, 3.8) is 0 Å². The molecule has 0 unspecified atom stereocenters. The number of hydrogen-bond donors (Lipinski definition) is 0. The number of pyridine rings is 2. The molecule has 0 saturated heterocycles. The minimum Gasteiger partial charge on any atom is -0.311 e. The number of rotatable bonds is 10. The van der Waals surface area contributed by atoms with Crippen molar-refractivity contribution in [2.45, 2.75) is 0 Å². The summed E-state index contributed by atoms with van der Waals surface area (Å²) >= 11 is 0. The van der Waals surface area contributed by atoms with E-state index in [0.29, 0.717) is 0 Å². The van der Waals surface area contributed by atoms with E-state index in [0.717, 1.165) is 89.9 Å². The van der Waals surface area contributed by atoms with Crippen LogP contribution in [0.4, 0.5) is 34.1 Å². The third-order valence-corrected chi connectivity index (χ3v) is 11.6. The molecule has 0 N–H and O–H groups in total. The van der Waals surface area contributed by atoms with Gasteiger partial charge in [0.2, 0.25) is 0 Å². The molecule has 11 rings (SSSR count). The minimum absolute atomic E-state index is 0.885. The average Bonchev–Trinajstić information content (AvgIpc) is 3.70. The van der Waals surface area contributed by atoms with Crippen LogP contribution in [0.2, 0.25) is 0 Å². The maximum Gasteiger partial charge on any atom is 0.0723 e. The number of benzene rings is 8. The van der Waals surface area contributed by atoms with E-state index in [1.54, 1.807) is 0 Å². The van der Waals surface area contributed by atoms with Crippen molar-refractivity contribution in [2.24, 2.45) is 0 Å². The van der Waals surface area contributed by atoms with Gasteiger partial charge < -0.3 is 14.4 Å². The van der Waals surface area contributed by atoms with Gasteiger partial charge in [0, 0.05) is 67.8 Å². The molecule has 0 fully saturated rings. The first-order valence-corrected chi connectivity index (χ1v) is 21.2. The molecule has 0 amide bonds. The zero-order valence-corrected chi connectivity index (χ0v) is 34.4. The standard InChI is InChI=1S/C58H41N5/c1-6-18-45(19-7-1)61(46-20-8-2-9-21-46)50-33-30-42(31-34-50)43-32-36-56(59-40-43)54-39-44(38-53-52-28-16-17-29-57(52)63(58(53)54)49-26-14-5-15-27-49)55-37-35-51(41-60-55)62(47-22-10-3-11-23-47)48-24-12-4-13-25-48/h1-41H. The Bertz CT molecular complexity index is 3200. The van der Waals surface area contributed by atoms with Crippen LogP contribution in [-0.2, 0) is 0 Å². The van der Waals surface area contributed by atoms with E-state index < -0.39 is 0 Å². The smallest absolute Gasteiger partial charge is 0.0723 e. The first-order valence-electron chi connectivity index (χ1n) is 21.2. The molecule has 0 aliphatic heterocycles. The average molecular weight is 808 g/mol. The summed E-state index contributed by atoms with van der Waals surface area (Å²) < 4.78 is 2.37. The molecule has 11 aromatic rings. The van der Waals surface area contributed by atoms with Gasteiger partial charge in [-0.25, -0.2) is 0 Å². The lowest BCUT2D eigenvalue weighted by Crippen LogP contribution is -2.10. The Balaban J connectivity index is 1.01. The number of nitrogens with zero attached hydrogens (tertiary/aromatic N) is 5. The fraction of sp³-hybridized carbons (Fsp3) is 0. The SMILES string of the molecule is c1ccc(N(c2ccccc2)c2ccc(-c3ccc(-c4cc(-c5ccc(N(c6ccccc6)c6ccccc6)cn5)cc5c6ccccc6n(-c6ccccc6)c45)nc3)cc2)cc1. The highest BCUT2D eigenvalue weighted by atomic mass is 15.1. The molecule has 5 heteroatoms. The quantitative estimate of drug-likeness (QED) is 0.138. The van der Waals surface area contributed by atoms with Crippen molar-refractivity contribution in [3.05, 3.63) is 249 Å². The third-order valence-electron chi connectivity index (χ3n) is 11.6. The Morgan fingerprint density at radius 2 is 0.778 bits per heavy atom. The summed E-state index contributed by atoms with van der Waals surface area (Å²) in [5, 5.41) is 2.32.